The smallest absolute Gasteiger partial charge is 0.0331 e. The third-order valence-corrected chi connectivity index (χ3v) is 4.66. The quantitative estimate of drug-likeness (QED) is 0.696. The second-order valence-corrected chi connectivity index (χ2v) is 6.62. The van der Waals surface area contributed by atoms with Crippen LogP contribution in [0.2, 0.25) is 0 Å². The molecule has 2 heteroatoms. The fourth-order valence-corrected chi connectivity index (χ4v) is 4.56. The third-order valence-electron chi connectivity index (χ3n) is 4.66. The van der Waals surface area contributed by atoms with Gasteiger partial charge in [-0.2, -0.15) is 0 Å². The van der Waals surface area contributed by atoms with E-state index in [-0.39, 0.29) is 0 Å². The maximum atomic E-state index is 3.68. The molecule has 15 heavy (non-hydrogen) atoms. The van der Waals surface area contributed by atoms with Gasteiger partial charge in [0.05, 0.1) is 0 Å². The van der Waals surface area contributed by atoms with Crippen molar-refractivity contribution in [2.75, 3.05) is 0 Å². The number of hydrogen-bond donors (Lipinski definition) is 2. The van der Waals surface area contributed by atoms with Gasteiger partial charge in [-0.25, -0.2) is 0 Å². The van der Waals surface area contributed by atoms with Gasteiger partial charge in [-0.15, -0.1) is 0 Å². The summed E-state index contributed by atoms with van der Waals surface area (Å²) >= 11 is 0. The van der Waals surface area contributed by atoms with Gasteiger partial charge in [0, 0.05) is 11.6 Å². The van der Waals surface area contributed by atoms with Crippen LogP contribution in [0.1, 0.15) is 52.4 Å². The van der Waals surface area contributed by atoms with E-state index in [9.17, 15) is 0 Å². The predicted molar refractivity (Wildman–Crippen MR) is 62.3 cm³/mol. The van der Waals surface area contributed by atoms with Crippen molar-refractivity contribution in [2.24, 2.45) is 17.8 Å². The molecule has 0 heterocycles. The Kier molecular flexibility index (Phi) is 2.33. The summed E-state index contributed by atoms with van der Waals surface area (Å²) in [6.45, 7) is 4.43. The second-order valence-electron chi connectivity index (χ2n) is 6.62. The number of hydrogen-bond acceptors (Lipinski definition) is 2. The average molecular weight is 208 g/mol. The molecule has 86 valence electrons. The molecule has 4 aliphatic rings. The standard InChI is InChI=1S/C13H24N2/c1-9(2)14-15-13-6-10-3-11(7-13)5-12(4-10)8-13/h9-12,14-15H,3-8H2,1-2H3. The van der Waals surface area contributed by atoms with E-state index in [2.05, 4.69) is 24.7 Å². The van der Waals surface area contributed by atoms with Crippen molar-refractivity contribution in [3.05, 3.63) is 0 Å². The highest BCUT2D eigenvalue weighted by molar-refractivity contribution is 5.05. The zero-order valence-electron chi connectivity index (χ0n) is 10.1. The van der Waals surface area contributed by atoms with Crippen LogP contribution in [0.4, 0.5) is 0 Å². The lowest BCUT2D eigenvalue weighted by Crippen LogP contribution is -2.62. The highest BCUT2D eigenvalue weighted by Crippen LogP contribution is 2.55. The molecule has 0 aliphatic heterocycles. The molecule has 0 aromatic heterocycles. The topological polar surface area (TPSA) is 24.1 Å². The summed E-state index contributed by atoms with van der Waals surface area (Å²) < 4.78 is 0. The van der Waals surface area contributed by atoms with Crippen LogP contribution in [0.3, 0.4) is 0 Å². The van der Waals surface area contributed by atoms with Gasteiger partial charge in [0.15, 0.2) is 0 Å². The number of rotatable bonds is 3. The Morgan fingerprint density at radius 1 is 0.933 bits per heavy atom. The Morgan fingerprint density at radius 2 is 1.40 bits per heavy atom. The molecule has 4 saturated carbocycles. The van der Waals surface area contributed by atoms with Gasteiger partial charge in [0.25, 0.3) is 0 Å². The van der Waals surface area contributed by atoms with E-state index in [4.69, 9.17) is 0 Å². The van der Waals surface area contributed by atoms with Crippen molar-refractivity contribution in [3.8, 4) is 0 Å². The minimum Gasteiger partial charge on any atom is -0.255 e. The molecule has 4 rings (SSSR count). The Hall–Kier alpha value is -0.0800. The summed E-state index contributed by atoms with van der Waals surface area (Å²) in [5.74, 6) is 3.12. The SMILES string of the molecule is CC(C)NNC12CC3CC(CC(C3)C1)C2. The maximum absolute atomic E-state index is 3.68. The Morgan fingerprint density at radius 3 is 1.80 bits per heavy atom. The molecule has 2 nitrogen and oxygen atoms in total. The molecule has 2 N–H and O–H groups in total. The van der Waals surface area contributed by atoms with Crippen molar-refractivity contribution in [3.63, 3.8) is 0 Å². The van der Waals surface area contributed by atoms with Crippen molar-refractivity contribution in [1.29, 1.82) is 0 Å². The minimum absolute atomic E-state index is 0.471. The molecule has 0 spiro atoms. The first kappa shape index (κ1) is 10.1. The van der Waals surface area contributed by atoms with Crippen molar-refractivity contribution >= 4 is 0 Å². The first-order chi connectivity index (χ1) is 7.15. The van der Waals surface area contributed by atoms with Crippen LogP contribution in [0, 0.1) is 17.8 Å². The lowest BCUT2D eigenvalue weighted by molar-refractivity contribution is -0.0282. The summed E-state index contributed by atoms with van der Waals surface area (Å²) in [5.41, 5.74) is 7.60. The highest BCUT2D eigenvalue weighted by Gasteiger charge is 2.50. The molecule has 4 fully saturated rings. The Bertz CT molecular complexity index is 212. The van der Waals surface area contributed by atoms with E-state index in [0.717, 1.165) is 17.8 Å². The van der Waals surface area contributed by atoms with Crippen LogP contribution >= 0.6 is 0 Å². The molecule has 0 saturated heterocycles. The summed E-state index contributed by atoms with van der Waals surface area (Å²) in [5, 5.41) is 0. The summed E-state index contributed by atoms with van der Waals surface area (Å²) in [4.78, 5) is 0. The van der Waals surface area contributed by atoms with Gasteiger partial charge in [0.1, 0.15) is 0 Å². The molecule has 0 atom stereocenters. The van der Waals surface area contributed by atoms with Crippen LogP contribution < -0.4 is 10.9 Å². The van der Waals surface area contributed by atoms with Crippen LogP contribution in [0.25, 0.3) is 0 Å². The molecule has 0 amide bonds. The van der Waals surface area contributed by atoms with Crippen molar-refractivity contribution in [2.45, 2.75) is 64.0 Å². The minimum atomic E-state index is 0.471. The van der Waals surface area contributed by atoms with Crippen molar-refractivity contribution in [1.82, 2.24) is 10.9 Å². The maximum Gasteiger partial charge on any atom is 0.0331 e. The zero-order valence-corrected chi connectivity index (χ0v) is 10.1. The molecular weight excluding hydrogens is 184 g/mol. The summed E-state index contributed by atoms with van der Waals surface area (Å²) in [6, 6.07) is 0.554. The second kappa shape index (κ2) is 3.46. The van der Waals surface area contributed by atoms with Crippen molar-refractivity contribution < 1.29 is 0 Å². The normalized spacial score (nSPS) is 47.8. The largest absolute Gasteiger partial charge is 0.255 e. The Labute approximate surface area is 93.2 Å². The van der Waals surface area contributed by atoms with Gasteiger partial charge >= 0.3 is 0 Å². The molecule has 0 aromatic carbocycles. The first-order valence-corrected chi connectivity index (χ1v) is 6.68. The predicted octanol–water partition coefficient (Wildman–Crippen LogP) is 2.46. The molecule has 4 bridgehead atoms. The van der Waals surface area contributed by atoms with Crippen LogP contribution in [0.5, 0.6) is 0 Å². The average Bonchev–Trinajstić information content (AvgIpc) is 2.12. The third kappa shape index (κ3) is 1.83. The van der Waals surface area contributed by atoms with Gasteiger partial charge < -0.3 is 0 Å². The van der Waals surface area contributed by atoms with E-state index in [1.165, 1.54) is 38.5 Å². The molecule has 0 unspecified atom stereocenters. The summed E-state index contributed by atoms with van der Waals surface area (Å²) in [6.07, 6.45) is 8.88. The first-order valence-electron chi connectivity index (χ1n) is 6.68. The molecule has 4 aliphatic carbocycles. The van der Waals surface area contributed by atoms with Crippen LogP contribution in [0.15, 0.2) is 0 Å². The Balaban J connectivity index is 1.70. The van der Waals surface area contributed by atoms with E-state index in [1.807, 2.05) is 0 Å². The van der Waals surface area contributed by atoms with Crippen LogP contribution in [-0.4, -0.2) is 11.6 Å². The monoisotopic (exact) mass is 208 g/mol. The lowest BCUT2D eigenvalue weighted by atomic mass is 9.53. The van der Waals surface area contributed by atoms with E-state index < -0.39 is 0 Å². The molecular formula is C13H24N2. The fraction of sp³-hybridized carbons (Fsp3) is 1.00. The summed E-state index contributed by atoms with van der Waals surface area (Å²) in [7, 11) is 0. The van der Waals surface area contributed by atoms with Gasteiger partial charge in [-0.3, -0.25) is 10.9 Å². The van der Waals surface area contributed by atoms with Gasteiger partial charge in [-0.05, 0) is 70.1 Å². The highest BCUT2D eigenvalue weighted by atomic mass is 15.4. The van der Waals surface area contributed by atoms with E-state index >= 15 is 0 Å². The fourth-order valence-electron chi connectivity index (χ4n) is 4.56. The van der Waals surface area contributed by atoms with E-state index in [0.29, 0.717) is 11.6 Å². The van der Waals surface area contributed by atoms with Crippen LogP contribution in [-0.2, 0) is 0 Å². The number of hydrazine groups is 1. The zero-order chi connectivity index (χ0) is 10.5. The van der Waals surface area contributed by atoms with Gasteiger partial charge in [-0.1, -0.05) is 0 Å². The molecule has 0 radical (unpaired) electrons. The lowest BCUT2D eigenvalue weighted by Gasteiger charge is -2.57. The molecule has 0 aromatic rings. The van der Waals surface area contributed by atoms with E-state index in [1.54, 1.807) is 0 Å². The van der Waals surface area contributed by atoms with Gasteiger partial charge in [0.2, 0.25) is 0 Å². The number of nitrogens with one attached hydrogen (secondary N) is 2.